The van der Waals surface area contributed by atoms with Gasteiger partial charge in [-0.05, 0) is 23.8 Å². The zero-order chi connectivity index (χ0) is 13.9. The Morgan fingerprint density at radius 3 is 2.50 bits per heavy atom. The van der Waals surface area contributed by atoms with E-state index in [4.69, 9.17) is 5.73 Å². The zero-order valence-corrected chi connectivity index (χ0v) is 11.3. The van der Waals surface area contributed by atoms with Crippen LogP contribution < -0.4 is 11.1 Å². The van der Waals surface area contributed by atoms with Gasteiger partial charge < -0.3 is 11.1 Å². The first-order chi connectivity index (χ1) is 8.40. The maximum Gasteiger partial charge on any atom is 0.248 e. The lowest BCUT2D eigenvalue weighted by atomic mass is 9.77. The van der Waals surface area contributed by atoms with Crippen molar-refractivity contribution in [2.45, 2.75) is 39.5 Å². The monoisotopic (exact) mass is 248 g/mol. The molecule has 0 spiro atoms. The molecule has 1 aromatic carbocycles. The van der Waals surface area contributed by atoms with E-state index in [-0.39, 0.29) is 11.3 Å². The number of hydrogen-bond acceptors (Lipinski definition) is 2. The summed E-state index contributed by atoms with van der Waals surface area (Å²) in [6.07, 6.45) is 0.419. The highest BCUT2D eigenvalue weighted by molar-refractivity contribution is 5.98. The second-order valence-corrected chi connectivity index (χ2v) is 4.73. The molecular formula is C14H20N2O2. The molecule has 98 valence electrons. The number of fused-ring (bicyclic) bond motifs is 1. The highest BCUT2D eigenvalue weighted by Gasteiger charge is 2.32. The summed E-state index contributed by atoms with van der Waals surface area (Å²) in [7, 11) is 0. The Morgan fingerprint density at radius 2 is 1.94 bits per heavy atom. The van der Waals surface area contributed by atoms with Gasteiger partial charge in [0.1, 0.15) is 0 Å². The zero-order valence-electron chi connectivity index (χ0n) is 11.3. The van der Waals surface area contributed by atoms with E-state index in [0.29, 0.717) is 12.0 Å². The molecule has 0 atom stereocenters. The van der Waals surface area contributed by atoms with Crippen LogP contribution in [0.4, 0.5) is 5.69 Å². The Kier molecular flexibility index (Phi) is 4.11. The van der Waals surface area contributed by atoms with Crippen molar-refractivity contribution in [2.24, 2.45) is 5.73 Å². The molecule has 0 radical (unpaired) electrons. The Hall–Kier alpha value is -1.84. The molecule has 1 heterocycles. The standard InChI is InChI=1S/C12H14N2O2.C2H6/c1-12(2)6-10(15)14-9-4-3-7(11(13)16)5-8(9)12;1-2/h3-5H,6H2,1-2H3,(H2,13,16)(H,14,15);1-2H3. The maximum absolute atomic E-state index is 11.5. The Labute approximate surface area is 108 Å². The summed E-state index contributed by atoms with van der Waals surface area (Å²) < 4.78 is 0. The van der Waals surface area contributed by atoms with Crippen molar-refractivity contribution in [3.8, 4) is 0 Å². The summed E-state index contributed by atoms with van der Waals surface area (Å²) in [6, 6.07) is 5.12. The first-order valence-electron chi connectivity index (χ1n) is 6.14. The number of hydrogen-bond donors (Lipinski definition) is 2. The van der Waals surface area contributed by atoms with Crippen LogP contribution in [0.2, 0.25) is 0 Å². The molecule has 0 fully saturated rings. The quantitative estimate of drug-likeness (QED) is 0.801. The summed E-state index contributed by atoms with van der Waals surface area (Å²) in [5, 5.41) is 2.79. The molecule has 2 rings (SSSR count). The SMILES string of the molecule is CC.CC1(C)CC(=O)Nc2ccc(C(N)=O)cc21. The van der Waals surface area contributed by atoms with Gasteiger partial charge in [-0.3, -0.25) is 9.59 Å². The highest BCUT2D eigenvalue weighted by atomic mass is 16.2. The van der Waals surface area contributed by atoms with E-state index in [1.165, 1.54) is 0 Å². The van der Waals surface area contributed by atoms with E-state index in [9.17, 15) is 9.59 Å². The third-order valence-electron chi connectivity index (χ3n) is 2.91. The van der Waals surface area contributed by atoms with Crippen LogP contribution in [0.3, 0.4) is 0 Å². The fraction of sp³-hybridized carbons (Fsp3) is 0.429. The van der Waals surface area contributed by atoms with Crippen LogP contribution in [0.1, 0.15) is 50.0 Å². The second-order valence-electron chi connectivity index (χ2n) is 4.73. The largest absolute Gasteiger partial charge is 0.366 e. The van der Waals surface area contributed by atoms with Crippen molar-refractivity contribution >= 4 is 17.5 Å². The average Bonchev–Trinajstić information content (AvgIpc) is 2.29. The van der Waals surface area contributed by atoms with Crippen LogP contribution in [-0.2, 0) is 10.2 Å². The molecule has 0 unspecified atom stereocenters. The van der Waals surface area contributed by atoms with E-state index in [1.54, 1.807) is 18.2 Å². The lowest BCUT2D eigenvalue weighted by Gasteiger charge is -2.32. The fourth-order valence-corrected chi connectivity index (χ4v) is 2.06. The van der Waals surface area contributed by atoms with Crippen molar-refractivity contribution in [1.82, 2.24) is 0 Å². The molecule has 1 aliphatic rings. The number of carbonyl (C=O) groups is 2. The van der Waals surface area contributed by atoms with Gasteiger partial charge in [-0.2, -0.15) is 0 Å². The molecule has 0 bridgehead atoms. The molecule has 4 nitrogen and oxygen atoms in total. The number of rotatable bonds is 1. The molecule has 1 aliphatic heterocycles. The van der Waals surface area contributed by atoms with Gasteiger partial charge in [0.15, 0.2) is 0 Å². The van der Waals surface area contributed by atoms with Crippen molar-refractivity contribution in [3.05, 3.63) is 29.3 Å². The van der Waals surface area contributed by atoms with Gasteiger partial charge in [-0.25, -0.2) is 0 Å². The van der Waals surface area contributed by atoms with Crippen LogP contribution in [0, 0.1) is 0 Å². The lowest BCUT2D eigenvalue weighted by molar-refractivity contribution is -0.117. The first-order valence-corrected chi connectivity index (χ1v) is 6.14. The van der Waals surface area contributed by atoms with Crippen molar-refractivity contribution in [3.63, 3.8) is 0 Å². The van der Waals surface area contributed by atoms with E-state index in [0.717, 1.165) is 11.3 Å². The Bertz CT molecular complexity index is 479. The summed E-state index contributed by atoms with van der Waals surface area (Å²) in [5.41, 5.74) is 7.18. The summed E-state index contributed by atoms with van der Waals surface area (Å²) in [4.78, 5) is 22.6. The molecule has 0 aromatic heterocycles. The molecule has 0 aliphatic carbocycles. The number of carbonyl (C=O) groups excluding carboxylic acids is 2. The van der Waals surface area contributed by atoms with Crippen molar-refractivity contribution < 1.29 is 9.59 Å². The number of amides is 2. The minimum atomic E-state index is -0.449. The van der Waals surface area contributed by atoms with E-state index >= 15 is 0 Å². The van der Waals surface area contributed by atoms with E-state index in [2.05, 4.69) is 5.32 Å². The van der Waals surface area contributed by atoms with Crippen molar-refractivity contribution in [1.29, 1.82) is 0 Å². The van der Waals surface area contributed by atoms with Crippen LogP contribution >= 0.6 is 0 Å². The number of anilines is 1. The topological polar surface area (TPSA) is 72.2 Å². The second kappa shape index (κ2) is 5.21. The first kappa shape index (κ1) is 14.2. The number of benzene rings is 1. The fourth-order valence-electron chi connectivity index (χ4n) is 2.06. The molecule has 2 amide bonds. The minimum absolute atomic E-state index is 0.00400. The van der Waals surface area contributed by atoms with Gasteiger partial charge in [0.2, 0.25) is 11.8 Å². The van der Waals surface area contributed by atoms with E-state index < -0.39 is 5.91 Å². The molecular weight excluding hydrogens is 228 g/mol. The maximum atomic E-state index is 11.5. The van der Waals surface area contributed by atoms with Gasteiger partial charge in [0, 0.05) is 23.1 Å². The van der Waals surface area contributed by atoms with E-state index in [1.807, 2.05) is 27.7 Å². The number of primary amides is 1. The lowest BCUT2D eigenvalue weighted by Crippen LogP contribution is -2.32. The molecule has 1 aromatic rings. The van der Waals surface area contributed by atoms with Gasteiger partial charge in [0.05, 0.1) is 0 Å². The highest BCUT2D eigenvalue weighted by Crippen LogP contribution is 2.37. The summed E-state index contributed by atoms with van der Waals surface area (Å²) in [6.45, 7) is 7.96. The average molecular weight is 248 g/mol. The molecule has 3 N–H and O–H groups in total. The van der Waals surface area contributed by atoms with Crippen LogP contribution in [-0.4, -0.2) is 11.8 Å². The summed E-state index contributed by atoms with van der Waals surface area (Å²) >= 11 is 0. The van der Waals surface area contributed by atoms with Gasteiger partial charge in [-0.15, -0.1) is 0 Å². The smallest absolute Gasteiger partial charge is 0.248 e. The summed E-state index contributed by atoms with van der Waals surface area (Å²) in [5.74, 6) is -0.445. The van der Waals surface area contributed by atoms with Crippen molar-refractivity contribution in [2.75, 3.05) is 5.32 Å². The molecule has 0 saturated carbocycles. The third-order valence-corrected chi connectivity index (χ3v) is 2.91. The van der Waals surface area contributed by atoms with Crippen LogP contribution in [0.5, 0.6) is 0 Å². The molecule has 18 heavy (non-hydrogen) atoms. The third kappa shape index (κ3) is 2.70. The molecule has 0 saturated heterocycles. The van der Waals surface area contributed by atoms with Crippen LogP contribution in [0.15, 0.2) is 18.2 Å². The Morgan fingerprint density at radius 1 is 1.33 bits per heavy atom. The number of nitrogens with one attached hydrogen (secondary N) is 1. The minimum Gasteiger partial charge on any atom is -0.366 e. The van der Waals surface area contributed by atoms with Gasteiger partial charge in [0.25, 0.3) is 0 Å². The van der Waals surface area contributed by atoms with Gasteiger partial charge in [-0.1, -0.05) is 27.7 Å². The number of nitrogens with two attached hydrogens (primary N) is 1. The normalized spacial score (nSPS) is 15.9. The van der Waals surface area contributed by atoms with Gasteiger partial charge >= 0.3 is 0 Å². The predicted octanol–water partition coefficient (Wildman–Crippen LogP) is 2.43. The predicted molar refractivity (Wildman–Crippen MR) is 72.6 cm³/mol. The molecule has 4 heteroatoms. The van der Waals surface area contributed by atoms with Crippen LogP contribution in [0.25, 0.3) is 0 Å². The Balaban J connectivity index is 0.000000771.